The van der Waals surface area contributed by atoms with E-state index in [1.807, 2.05) is 0 Å². The van der Waals surface area contributed by atoms with E-state index in [1.54, 1.807) is 0 Å². The maximum atomic E-state index is 2.57. The van der Waals surface area contributed by atoms with Gasteiger partial charge in [0.2, 0.25) is 0 Å². The molecule has 0 radical (unpaired) electrons. The van der Waals surface area contributed by atoms with Crippen LogP contribution in [0.1, 0.15) is 22.3 Å². The zero-order chi connectivity index (χ0) is 40.0. The van der Waals surface area contributed by atoms with Gasteiger partial charge >= 0.3 is 0 Å². The average molecular weight is 783 g/mol. The summed E-state index contributed by atoms with van der Waals surface area (Å²) in [6.07, 6.45) is 0. The van der Waals surface area contributed by atoms with Gasteiger partial charge in [0.25, 0.3) is 0 Å². The molecule has 0 saturated heterocycles. The molecule has 0 aliphatic carbocycles. The highest BCUT2D eigenvalue weighted by molar-refractivity contribution is 7.02. The molecule has 10 aromatic rings. The fourth-order valence-corrected chi connectivity index (χ4v) is 14.4. The van der Waals surface area contributed by atoms with Crippen molar-refractivity contribution in [3.05, 3.63) is 241 Å². The molecular weight excluding hydrogens is 741 g/mol. The number of fused-ring (bicyclic) bond motifs is 11. The second kappa shape index (κ2) is 13.2. The summed E-state index contributed by atoms with van der Waals surface area (Å²) in [5, 5.41) is 5.55. The zero-order valence-corrected chi connectivity index (χ0v) is 34.7. The first-order valence-corrected chi connectivity index (χ1v) is 24.0. The topological polar surface area (TPSA) is 8.17 Å². The van der Waals surface area contributed by atoms with Crippen LogP contribution in [-0.4, -0.2) is 12.6 Å². The molecule has 284 valence electrons. The summed E-state index contributed by atoms with van der Waals surface area (Å²) >= 11 is 0. The normalized spacial score (nSPS) is 15.7. The van der Waals surface area contributed by atoms with Gasteiger partial charge in [-0.05, 0) is 97.3 Å². The molecule has 2 nitrogen and oxygen atoms in total. The minimum atomic E-state index is -2.42. The van der Waals surface area contributed by atoms with Gasteiger partial charge < -0.3 is 9.47 Å². The van der Waals surface area contributed by atoms with Gasteiger partial charge in [-0.25, -0.2) is 0 Å². The number of rotatable bonds is 5. The van der Waals surface area contributed by atoms with E-state index in [1.165, 1.54) is 88.1 Å². The Hall–Kier alpha value is -7.20. The maximum absolute atomic E-state index is 2.57. The molecule has 2 aliphatic heterocycles. The molecule has 0 saturated carbocycles. The van der Waals surface area contributed by atoms with Crippen molar-refractivity contribution in [3.63, 3.8) is 0 Å². The summed E-state index contributed by atoms with van der Waals surface area (Å²) < 4.78 is 2.54. The Morgan fingerprint density at radius 1 is 0.400 bits per heavy atom. The van der Waals surface area contributed by atoms with Crippen LogP contribution in [0.2, 0.25) is 13.1 Å². The summed E-state index contributed by atoms with van der Waals surface area (Å²) in [7, 11) is -2.42. The Kier molecular flexibility index (Phi) is 7.63. The Morgan fingerprint density at radius 3 is 1.58 bits per heavy atom. The highest BCUT2D eigenvalue weighted by Gasteiger charge is 2.54. The van der Waals surface area contributed by atoms with E-state index in [9.17, 15) is 0 Å². The van der Waals surface area contributed by atoms with Crippen LogP contribution < -0.4 is 15.3 Å². The first-order chi connectivity index (χ1) is 29.5. The monoisotopic (exact) mass is 782 g/mol. The second-order valence-electron chi connectivity index (χ2n) is 16.9. The smallest absolute Gasteiger partial charge is 0.115 e. The number of aromatic nitrogens is 1. The van der Waals surface area contributed by atoms with Gasteiger partial charge in [-0.3, -0.25) is 0 Å². The van der Waals surface area contributed by atoms with E-state index >= 15 is 0 Å². The molecule has 12 rings (SSSR count). The van der Waals surface area contributed by atoms with Crippen LogP contribution >= 0.6 is 0 Å². The Labute approximate surface area is 352 Å². The first-order valence-electron chi connectivity index (χ1n) is 21.0. The van der Waals surface area contributed by atoms with E-state index in [0.29, 0.717) is 0 Å². The predicted molar refractivity (Wildman–Crippen MR) is 255 cm³/mol. The molecule has 0 fully saturated rings. The number of para-hydroxylation sites is 3. The molecular formula is C57H42N2Si. The highest BCUT2D eigenvalue weighted by atomic mass is 28.3. The van der Waals surface area contributed by atoms with E-state index in [-0.39, 0.29) is 0 Å². The van der Waals surface area contributed by atoms with Gasteiger partial charge in [0.05, 0.1) is 22.1 Å². The van der Waals surface area contributed by atoms with Crippen molar-refractivity contribution in [1.82, 2.24) is 4.57 Å². The molecule has 9 aromatic carbocycles. The van der Waals surface area contributed by atoms with Crippen LogP contribution in [0, 0.1) is 0 Å². The van der Waals surface area contributed by atoms with Crippen LogP contribution in [0.4, 0.5) is 17.1 Å². The van der Waals surface area contributed by atoms with Crippen LogP contribution in [0.3, 0.4) is 0 Å². The SMILES string of the molecule is C[Si]1(C)c2ccccc2C2(c3ccccc3-n3c4ccccc4c4cccc2c43)c2cccc(N(c3ccc(-c4ccccc4)cc3)c3ccc(-c4ccccc4)cc3)c21. The first kappa shape index (κ1) is 34.8. The molecule has 1 atom stereocenters. The molecule has 3 heterocycles. The predicted octanol–water partition coefficient (Wildman–Crippen LogP) is 13.4. The number of anilines is 3. The van der Waals surface area contributed by atoms with E-state index < -0.39 is 13.5 Å². The Bertz CT molecular complexity index is 3190. The van der Waals surface area contributed by atoms with Crippen molar-refractivity contribution in [2.24, 2.45) is 0 Å². The minimum absolute atomic E-state index is 0.551. The third-order valence-electron chi connectivity index (χ3n) is 13.4. The summed E-state index contributed by atoms with van der Waals surface area (Å²) in [6, 6.07) is 81.5. The number of benzene rings is 9. The van der Waals surface area contributed by atoms with Crippen molar-refractivity contribution in [3.8, 4) is 27.9 Å². The Balaban J connectivity index is 1.17. The molecule has 1 spiro atoms. The second-order valence-corrected chi connectivity index (χ2v) is 21.1. The van der Waals surface area contributed by atoms with E-state index in [2.05, 4.69) is 241 Å². The van der Waals surface area contributed by atoms with Gasteiger partial charge in [0.1, 0.15) is 8.07 Å². The molecule has 3 heteroatoms. The third kappa shape index (κ3) is 4.81. The van der Waals surface area contributed by atoms with Gasteiger partial charge in [-0.15, -0.1) is 0 Å². The van der Waals surface area contributed by atoms with E-state index in [0.717, 1.165) is 11.4 Å². The largest absolute Gasteiger partial charge is 0.311 e. The lowest BCUT2D eigenvalue weighted by molar-refractivity contribution is 0.732. The maximum Gasteiger partial charge on any atom is 0.115 e. The molecule has 0 amide bonds. The van der Waals surface area contributed by atoms with Gasteiger partial charge in [-0.2, -0.15) is 0 Å². The summed E-state index contributed by atoms with van der Waals surface area (Å²) in [4.78, 5) is 2.53. The van der Waals surface area contributed by atoms with Crippen LogP contribution in [0.15, 0.2) is 218 Å². The molecule has 2 aliphatic rings. The van der Waals surface area contributed by atoms with Crippen molar-refractivity contribution < 1.29 is 0 Å². The molecule has 0 N–H and O–H groups in total. The van der Waals surface area contributed by atoms with Gasteiger partial charge in [-0.1, -0.05) is 189 Å². The fourth-order valence-electron chi connectivity index (χ4n) is 10.9. The lowest BCUT2D eigenvalue weighted by Crippen LogP contribution is -2.64. The van der Waals surface area contributed by atoms with Crippen LogP contribution in [0.25, 0.3) is 49.7 Å². The average Bonchev–Trinajstić information content (AvgIpc) is 3.65. The van der Waals surface area contributed by atoms with Crippen molar-refractivity contribution >= 4 is 57.3 Å². The lowest BCUT2D eigenvalue weighted by atomic mass is 9.62. The Morgan fingerprint density at radius 2 is 0.900 bits per heavy atom. The molecule has 1 aromatic heterocycles. The van der Waals surface area contributed by atoms with Crippen molar-refractivity contribution in [2.75, 3.05) is 4.90 Å². The number of hydrogen-bond acceptors (Lipinski definition) is 1. The van der Waals surface area contributed by atoms with Gasteiger partial charge in [0.15, 0.2) is 0 Å². The summed E-state index contributed by atoms with van der Waals surface area (Å²) in [5.74, 6) is 0. The number of nitrogens with zero attached hydrogens (tertiary/aromatic N) is 2. The molecule has 0 bridgehead atoms. The quantitative estimate of drug-likeness (QED) is 0.158. The zero-order valence-electron chi connectivity index (χ0n) is 33.7. The summed E-state index contributed by atoms with van der Waals surface area (Å²) in [5.41, 5.74) is 17.1. The van der Waals surface area contributed by atoms with E-state index in [4.69, 9.17) is 0 Å². The summed E-state index contributed by atoms with van der Waals surface area (Å²) in [6.45, 7) is 5.14. The van der Waals surface area contributed by atoms with Gasteiger partial charge in [0, 0.05) is 27.8 Å². The fraction of sp³-hybridized carbons (Fsp3) is 0.0526. The minimum Gasteiger partial charge on any atom is -0.311 e. The van der Waals surface area contributed by atoms with Crippen molar-refractivity contribution in [1.29, 1.82) is 0 Å². The van der Waals surface area contributed by atoms with Crippen LogP contribution in [-0.2, 0) is 5.41 Å². The van der Waals surface area contributed by atoms with Crippen LogP contribution in [0.5, 0.6) is 0 Å². The van der Waals surface area contributed by atoms with Crippen molar-refractivity contribution in [2.45, 2.75) is 18.5 Å². The third-order valence-corrected chi connectivity index (χ3v) is 17.0. The standard InChI is InChI=1S/C57H42N2Si/c1-60(2)54-30-14-11-24-48(54)57(47-23-10-13-28-52(47)59-51-27-12-9-21-45(51)46-22-15-25-49(57)55(46)59)50-26-16-29-53(56(50)60)58(43-35-31-41(32-36-43)39-17-5-3-6-18-39)44-37-33-42(34-38-44)40-19-7-4-8-20-40/h3-38H,1-2H3. The molecule has 60 heavy (non-hydrogen) atoms. The highest BCUT2D eigenvalue weighted by Crippen LogP contribution is 2.56. The molecule has 1 unspecified atom stereocenters. The lowest BCUT2D eigenvalue weighted by Gasteiger charge is -2.50. The number of hydrogen-bond donors (Lipinski definition) is 0.